The summed E-state index contributed by atoms with van der Waals surface area (Å²) in [5.41, 5.74) is 2.64. The van der Waals surface area contributed by atoms with E-state index < -0.39 is 0 Å². The molecule has 2 aromatic carbocycles. The van der Waals surface area contributed by atoms with Gasteiger partial charge >= 0.3 is 0 Å². The van der Waals surface area contributed by atoms with Crippen molar-refractivity contribution in [1.29, 1.82) is 0 Å². The molecule has 3 rings (SSSR count). The first-order chi connectivity index (χ1) is 10.1. The summed E-state index contributed by atoms with van der Waals surface area (Å²) in [7, 11) is 0. The molecule has 106 valence electrons. The summed E-state index contributed by atoms with van der Waals surface area (Å²) < 4.78 is 5.38. The third kappa shape index (κ3) is 2.58. The van der Waals surface area contributed by atoms with Crippen LogP contribution in [-0.2, 0) is 4.79 Å². The van der Waals surface area contributed by atoms with Gasteiger partial charge in [-0.15, -0.1) is 0 Å². The number of fused-ring (bicyclic) bond motifs is 1. The van der Waals surface area contributed by atoms with Crippen molar-refractivity contribution in [2.24, 2.45) is 0 Å². The van der Waals surface area contributed by atoms with E-state index in [1.54, 1.807) is 18.2 Å². The average Bonchev–Trinajstić information content (AvgIpc) is 2.48. The van der Waals surface area contributed by atoms with E-state index in [0.717, 1.165) is 11.3 Å². The Bertz CT molecular complexity index is 725. The van der Waals surface area contributed by atoms with Crippen LogP contribution >= 0.6 is 0 Å². The fourth-order valence-electron chi connectivity index (χ4n) is 2.20. The van der Waals surface area contributed by atoms with Gasteiger partial charge in [0, 0.05) is 5.69 Å². The number of para-hydroxylation sites is 2. The molecule has 5 heteroatoms. The van der Waals surface area contributed by atoms with Crippen LogP contribution in [0.1, 0.15) is 15.9 Å². The Balaban J connectivity index is 1.91. The topological polar surface area (TPSA) is 67.4 Å². The summed E-state index contributed by atoms with van der Waals surface area (Å²) in [6.45, 7) is 1.84. The molecule has 21 heavy (non-hydrogen) atoms. The number of aryl methyl sites for hydroxylation is 1. The molecule has 0 spiro atoms. The molecule has 1 aliphatic rings. The molecule has 0 atom stereocenters. The highest BCUT2D eigenvalue weighted by Gasteiger charge is 2.22. The Morgan fingerprint density at radius 3 is 2.81 bits per heavy atom. The largest absolute Gasteiger partial charge is 0.481 e. The number of carbonyl (C=O) groups excluding carboxylic acids is 2. The first kappa shape index (κ1) is 13.2. The van der Waals surface area contributed by atoms with Gasteiger partial charge in [-0.2, -0.15) is 0 Å². The minimum Gasteiger partial charge on any atom is -0.481 e. The molecule has 0 aromatic heterocycles. The SMILES string of the molecule is Cc1ccccc1NC(=O)c1cccc2c1OCC(=O)N2. The van der Waals surface area contributed by atoms with Gasteiger partial charge in [-0.05, 0) is 30.7 Å². The molecule has 0 saturated carbocycles. The van der Waals surface area contributed by atoms with Crippen molar-refractivity contribution in [3.63, 3.8) is 0 Å². The molecule has 1 aliphatic heterocycles. The van der Waals surface area contributed by atoms with Crippen LogP contribution < -0.4 is 15.4 Å². The second-order valence-electron chi connectivity index (χ2n) is 4.79. The second kappa shape index (κ2) is 5.28. The lowest BCUT2D eigenvalue weighted by Gasteiger charge is -2.20. The molecule has 0 bridgehead atoms. The van der Waals surface area contributed by atoms with E-state index in [4.69, 9.17) is 4.74 Å². The number of benzene rings is 2. The van der Waals surface area contributed by atoms with E-state index in [-0.39, 0.29) is 18.4 Å². The first-order valence-electron chi connectivity index (χ1n) is 6.58. The summed E-state index contributed by atoms with van der Waals surface area (Å²) in [6, 6.07) is 12.6. The smallest absolute Gasteiger partial charge is 0.262 e. The van der Waals surface area contributed by atoms with Crippen LogP contribution in [0.25, 0.3) is 0 Å². The number of ether oxygens (including phenoxy) is 1. The molecule has 2 N–H and O–H groups in total. The van der Waals surface area contributed by atoms with Gasteiger partial charge < -0.3 is 15.4 Å². The van der Waals surface area contributed by atoms with Crippen molar-refractivity contribution >= 4 is 23.2 Å². The quantitative estimate of drug-likeness (QED) is 0.889. The van der Waals surface area contributed by atoms with Crippen molar-refractivity contribution < 1.29 is 14.3 Å². The number of nitrogens with one attached hydrogen (secondary N) is 2. The lowest BCUT2D eigenvalue weighted by molar-refractivity contribution is -0.118. The van der Waals surface area contributed by atoms with Crippen LogP contribution in [0.3, 0.4) is 0 Å². The normalized spacial score (nSPS) is 12.9. The Labute approximate surface area is 121 Å². The van der Waals surface area contributed by atoms with E-state index in [1.807, 2.05) is 31.2 Å². The Hall–Kier alpha value is -2.82. The fraction of sp³-hybridized carbons (Fsp3) is 0.125. The lowest BCUT2D eigenvalue weighted by Crippen LogP contribution is -2.27. The standard InChI is InChI=1S/C16H14N2O3/c1-10-5-2-3-7-12(10)18-16(20)11-6-4-8-13-15(11)21-9-14(19)17-13/h2-8H,9H2,1H3,(H,17,19)(H,18,20). The number of amides is 2. The van der Waals surface area contributed by atoms with Gasteiger partial charge in [-0.25, -0.2) is 0 Å². The van der Waals surface area contributed by atoms with Gasteiger partial charge in [0.05, 0.1) is 11.3 Å². The zero-order chi connectivity index (χ0) is 14.8. The maximum Gasteiger partial charge on any atom is 0.262 e. The third-order valence-electron chi connectivity index (χ3n) is 3.27. The first-order valence-corrected chi connectivity index (χ1v) is 6.58. The van der Waals surface area contributed by atoms with Crippen molar-refractivity contribution in [1.82, 2.24) is 0 Å². The molecule has 0 fully saturated rings. The molecular weight excluding hydrogens is 268 g/mol. The Morgan fingerprint density at radius 1 is 1.19 bits per heavy atom. The zero-order valence-corrected chi connectivity index (χ0v) is 11.5. The van der Waals surface area contributed by atoms with Crippen molar-refractivity contribution in [3.8, 4) is 5.75 Å². The highest BCUT2D eigenvalue weighted by Crippen LogP contribution is 2.32. The number of carbonyl (C=O) groups is 2. The Morgan fingerprint density at radius 2 is 2.00 bits per heavy atom. The van der Waals surface area contributed by atoms with E-state index in [1.165, 1.54) is 0 Å². The van der Waals surface area contributed by atoms with Crippen LogP contribution in [0, 0.1) is 6.92 Å². The summed E-state index contributed by atoms with van der Waals surface area (Å²) >= 11 is 0. The van der Waals surface area contributed by atoms with Gasteiger partial charge in [-0.1, -0.05) is 24.3 Å². The number of rotatable bonds is 2. The van der Waals surface area contributed by atoms with Crippen LogP contribution in [0.15, 0.2) is 42.5 Å². The van der Waals surface area contributed by atoms with E-state index in [2.05, 4.69) is 10.6 Å². The number of hydrogen-bond donors (Lipinski definition) is 2. The fourth-order valence-corrected chi connectivity index (χ4v) is 2.20. The van der Waals surface area contributed by atoms with E-state index >= 15 is 0 Å². The van der Waals surface area contributed by atoms with E-state index in [0.29, 0.717) is 17.0 Å². The molecule has 5 nitrogen and oxygen atoms in total. The highest BCUT2D eigenvalue weighted by molar-refractivity contribution is 6.09. The monoisotopic (exact) mass is 282 g/mol. The predicted molar refractivity (Wildman–Crippen MR) is 79.7 cm³/mol. The summed E-state index contributed by atoms with van der Waals surface area (Å²) in [6.07, 6.45) is 0. The van der Waals surface area contributed by atoms with Crippen molar-refractivity contribution in [2.45, 2.75) is 6.92 Å². The second-order valence-corrected chi connectivity index (χ2v) is 4.79. The molecule has 0 radical (unpaired) electrons. The summed E-state index contributed by atoms with van der Waals surface area (Å²) in [5.74, 6) is -0.0838. The van der Waals surface area contributed by atoms with Crippen molar-refractivity contribution in [3.05, 3.63) is 53.6 Å². The Kier molecular flexibility index (Phi) is 3.31. The number of hydrogen-bond acceptors (Lipinski definition) is 3. The molecule has 2 amide bonds. The minimum absolute atomic E-state index is 0.0817. The molecule has 0 aliphatic carbocycles. The van der Waals surface area contributed by atoms with Crippen LogP contribution in [0.5, 0.6) is 5.75 Å². The summed E-state index contributed by atoms with van der Waals surface area (Å²) in [4.78, 5) is 23.7. The van der Waals surface area contributed by atoms with Crippen LogP contribution in [0.4, 0.5) is 11.4 Å². The molecule has 0 unspecified atom stereocenters. The third-order valence-corrected chi connectivity index (χ3v) is 3.27. The van der Waals surface area contributed by atoms with Gasteiger partial charge in [-0.3, -0.25) is 9.59 Å². The van der Waals surface area contributed by atoms with Gasteiger partial charge in [0.2, 0.25) is 0 Å². The highest BCUT2D eigenvalue weighted by atomic mass is 16.5. The van der Waals surface area contributed by atoms with Gasteiger partial charge in [0.15, 0.2) is 12.4 Å². The van der Waals surface area contributed by atoms with E-state index in [9.17, 15) is 9.59 Å². The van der Waals surface area contributed by atoms with Gasteiger partial charge in [0.1, 0.15) is 0 Å². The maximum atomic E-state index is 12.4. The molecule has 0 saturated heterocycles. The van der Waals surface area contributed by atoms with Crippen molar-refractivity contribution in [2.75, 3.05) is 17.2 Å². The molecular formula is C16H14N2O3. The molecule has 2 aromatic rings. The van der Waals surface area contributed by atoms with Crippen LogP contribution in [-0.4, -0.2) is 18.4 Å². The summed E-state index contributed by atoms with van der Waals surface area (Å²) in [5, 5.41) is 5.54. The average molecular weight is 282 g/mol. The molecule has 1 heterocycles. The van der Waals surface area contributed by atoms with Crippen LogP contribution in [0.2, 0.25) is 0 Å². The lowest BCUT2D eigenvalue weighted by atomic mass is 10.1. The van der Waals surface area contributed by atoms with Gasteiger partial charge in [0.25, 0.3) is 11.8 Å². The number of anilines is 2. The maximum absolute atomic E-state index is 12.4. The zero-order valence-electron chi connectivity index (χ0n) is 11.5. The minimum atomic E-state index is -0.266. The predicted octanol–water partition coefficient (Wildman–Crippen LogP) is 2.58.